The van der Waals surface area contributed by atoms with Crippen molar-refractivity contribution < 1.29 is 9.53 Å². The van der Waals surface area contributed by atoms with E-state index in [1.165, 1.54) is 19.4 Å². The first-order chi connectivity index (χ1) is 10.3. The van der Waals surface area contributed by atoms with E-state index in [-0.39, 0.29) is 6.03 Å². The second-order valence-corrected chi connectivity index (χ2v) is 5.75. The van der Waals surface area contributed by atoms with Crippen molar-refractivity contribution in [1.29, 1.82) is 0 Å². The first-order valence-electron chi connectivity index (χ1n) is 7.66. The standard InChI is InChI=1S/C16H23N3O2/c1-21-15-7-3-2-5-13(15)11-17-16(20)19-10-9-18-8-4-6-14(18)12-19/h2-3,5,7,14H,4,6,8-12H2,1H3,(H,17,20)/t14-/m0/s1. The minimum Gasteiger partial charge on any atom is -0.496 e. The van der Waals surface area contributed by atoms with Crippen LogP contribution in [-0.4, -0.2) is 55.2 Å². The van der Waals surface area contributed by atoms with Crippen molar-refractivity contribution in [2.24, 2.45) is 0 Å². The SMILES string of the molecule is COc1ccccc1CNC(=O)N1CCN2CCC[C@H]2C1. The van der Waals surface area contributed by atoms with Crippen LogP contribution < -0.4 is 10.1 Å². The van der Waals surface area contributed by atoms with Gasteiger partial charge in [-0.15, -0.1) is 0 Å². The quantitative estimate of drug-likeness (QED) is 0.921. The minimum absolute atomic E-state index is 0.0347. The Kier molecular flexibility index (Phi) is 4.29. The maximum Gasteiger partial charge on any atom is 0.317 e. The third-order valence-electron chi connectivity index (χ3n) is 4.50. The zero-order valence-corrected chi connectivity index (χ0v) is 12.5. The predicted octanol–water partition coefficient (Wildman–Crippen LogP) is 1.68. The number of methoxy groups -OCH3 is 1. The van der Waals surface area contributed by atoms with Gasteiger partial charge in [-0.2, -0.15) is 0 Å². The summed E-state index contributed by atoms with van der Waals surface area (Å²) >= 11 is 0. The summed E-state index contributed by atoms with van der Waals surface area (Å²) in [4.78, 5) is 16.8. The molecular weight excluding hydrogens is 266 g/mol. The maximum absolute atomic E-state index is 12.3. The highest BCUT2D eigenvalue weighted by Crippen LogP contribution is 2.21. The van der Waals surface area contributed by atoms with Gasteiger partial charge < -0.3 is 15.0 Å². The number of para-hydroxylation sites is 1. The molecular formula is C16H23N3O2. The van der Waals surface area contributed by atoms with Gasteiger partial charge in [0.2, 0.25) is 0 Å². The van der Waals surface area contributed by atoms with E-state index in [1.54, 1.807) is 7.11 Å². The Morgan fingerprint density at radius 3 is 3.05 bits per heavy atom. The van der Waals surface area contributed by atoms with E-state index in [0.717, 1.165) is 30.9 Å². The van der Waals surface area contributed by atoms with Crippen LogP contribution in [0.1, 0.15) is 18.4 Å². The summed E-state index contributed by atoms with van der Waals surface area (Å²) in [5, 5.41) is 3.01. The van der Waals surface area contributed by atoms with Crippen LogP contribution in [0.2, 0.25) is 0 Å². The summed E-state index contributed by atoms with van der Waals surface area (Å²) < 4.78 is 5.31. The number of ether oxygens (including phenoxy) is 1. The average Bonchev–Trinajstić information content (AvgIpc) is 3.00. The first kappa shape index (κ1) is 14.2. The van der Waals surface area contributed by atoms with Crippen molar-refractivity contribution in [3.8, 4) is 5.75 Å². The van der Waals surface area contributed by atoms with Crippen LogP contribution in [0.4, 0.5) is 4.79 Å². The molecule has 0 aromatic heterocycles. The maximum atomic E-state index is 12.3. The van der Waals surface area contributed by atoms with Crippen molar-refractivity contribution in [3.05, 3.63) is 29.8 Å². The summed E-state index contributed by atoms with van der Waals surface area (Å²) in [5.41, 5.74) is 1.01. The number of carbonyl (C=O) groups is 1. The van der Waals surface area contributed by atoms with E-state index in [4.69, 9.17) is 4.74 Å². The Labute approximate surface area is 125 Å². The number of benzene rings is 1. The van der Waals surface area contributed by atoms with Crippen LogP contribution in [0.25, 0.3) is 0 Å². The normalized spacial score (nSPS) is 22.0. The molecule has 2 saturated heterocycles. The molecule has 5 heteroatoms. The fraction of sp³-hybridized carbons (Fsp3) is 0.562. The molecule has 114 valence electrons. The third-order valence-corrected chi connectivity index (χ3v) is 4.50. The molecule has 2 heterocycles. The Morgan fingerprint density at radius 2 is 2.19 bits per heavy atom. The molecule has 0 bridgehead atoms. The number of piperazine rings is 1. The number of nitrogens with one attached hydrogen (secondary N) is 1. The molecule has 1 N–H and O–H groups in total. The molecule has 0 aliphatic carbocycles. The number of carbonyl (C=O) groups excluding carboxylic acids is 1. The van der Waals surface area contributed by atoms with Gasteiger partial charge in [-0.3, -0.25) is 4.90 Å². The van der Waals surface area contributed by atoms with E-state index in [0.29, 0.717) is 12.6 Å². The van der Waals surface area contributed by atoms with Gasteiger partial charge in [-0.1, -0.05) is 18.2 Å². The molecule has 1 aromatic carbocycles. The average molecular weight is 289 g/mol. The van der Waals surface area contributed by atoms with Crippen molar-refractivity contribution in [2.75, 3.05) is 33.3 Å². The van der Waals surface area contributed by atoms with Crippen LogP contribution >= 0.6 is 0 Å². The Bertz CT molecular complexity index is 506. The fourth-order valence-corrected chi connectivity index (χ4v) is 3.31. The van der Waals surface area contributed by atoms with Crippen molar-refractivity contribution >= 4 is 6.03 Å². The summed E-state index contributed by atoms with van der Waals surface area (Å²) in [6, 6.07) is 8.39. The molecule has 2 aliphatic heterocycles. The number of hydrogen-bond acceptors (Lipinski definition) is 3. The Morgan fingerprint density at radius 1 is 1.33 bits per heavy atom. The van der Waals surface area contributed by atoms with Crippen LogP contribution in [0.5, 0.6) is 5.75 Å². The summed E-state index contributed by atoms with van der Waals surface area (Å²) in [6.45, 7) is 4.40. The molecule has 5 nitrogen and oxygen atoms in total. The number of fused-ring (bicyclic) bond motifs is 1. The second kappa shape index (κ2) is 6.35. The third kappa shape index (κ3) is 3.13. The van der Waals surface area contributed by atoms with E-state index in [9.17, 15) is 4.79 Å². The molecule has 0 spiro atoms. The number of urea groups is 1. The van der Waals surface area contributed by atoms with Gasteiger partial charge in [0, 0.05) is 37.8 Å². The minimum atomic E-state index is 0.0347. The smallest absolute Gasteiger partial charge is 0.317 e. The van der Waals surface area contributed by atoms with Gasteiger partial charge in [0.15, 0.2) is 0 Å². The summed E-state index contributed by atoms with van der Waals surface area (Å²) in [7, 11) is 1.65. The summed E-state index contributed by atoms with van der Waals surface area (Å²) in [6.07, 6.45) is 2.48. The molecule has 0 unspecified atom stereocenters. The second-order valence-electron chi connectivity index (χ2n) is 5.75. The van der Waals surface area contributed by atoms with Crippen molar-refractivity contribution in [3.63, 3.8) is 0 Å². The highest BCUT2D eigenvalue weighted by molar-refractivity contribution is 5.74. The molecule has 2 aliphatic rings. The van der Waals surface area contributed by atoms with Crippen molar-refractivity contribution in [2.45, 2.75) is 25.4 Å². The lowest BCUT2D eigenvalue weighted by Crippen LogP contribution is -2.54. The molecule has 3 rings (SSSR count). The van der Waals surface area contributed by atoms with Crippen LogP contribution in [0.15, 0.2) is 24.3 Å². The van der Waals surface area contributed by atoms with E-state index in [1.807, 2.05) is 29.2 Å². The zero-order chi connectivity index (χ0) is 14.7. The lowest BCUT2D eigenvalue weighted by Gasteiger charge is -2.37. The fourth-order valence-electron chi connectivity index (χ4n) is 3.31. The molecule has 1 aromatic rings. The van der Waals surface area contributed by atoms with Crippen LogP contribution in [0.3, 0.4) is 0 Å². The lowest BCUT2D eigenvalue weighted by molar-refractivity contribution is 0.117. The Hall–Kier alpha value is -1.75. The van der Waals surface area contributed by atoms with Crippen molar-refractivity contribution in [1.82, 2.24) is 15.1 Å². The molecule has 2 fully saturated rings. The monoisotopic (exact) mass is 289 g/mol. The molecule has 0 radical (unpaired) electrons. The first-order valence-corrected chi connectivity index (χ1v) is 7.66. The largest absolute Gasteiger partial charge is 0.496 e. The van der Waals surface area contributed by atoms with Gasteiger partial charge in [0.1, 0.15) is 5.75 Å². The highest BCUT2D eigenvalue weighted by atomic mass is 16.5. The van der Waals surface area contributed by atoms with Crippen LogP contribution in [-0.2, 0) is 6.54 Å². The number of hydrogen-bond donors (Lipinski definition) is 1. The van der Waals surface area contributed by atoms with Gasteiger partial charge in [-0.25, -0.2) is 4.79 Å². The lowest BCUT2D eigenvalue weighted by atomic mass is 10.1. The highest BCUT2D eigenvalue weighted by Gasteiger charge is 2.32. The molecule has 2 amide bonds. The zero-order valence-electron chi connectivity index (χ0n) is 12.5. The molecule has 1 atom stereocenters. The number of nitrogens with zero attached hydrogens (tertiary/aromatic N) is 2. The predicted molar refractivity (Wildman–Crippen MR) is 81.4 cm³/mol. The molecule has 21 heavy (non-hydrogen) atoms. The Balaban J connectivity index is 1.54. The van der Waals surface area contributed by atoms with E-state index in [2.05, 4.69) is 10.2 Å². The van der Waals surface area contributed by atoms with Gasteiger partial charge in [0.05, 0.1) is 7.11 Å². The van der Waals surface area contributed by atoms with Crippen LogP contribution in [0, 0.1) is 0 Å². The van der Waals surface area contributed by atoms with Gasteiger partial charge >= 0.3 is 6.03 Å². The molecule has 0 saturated carbocycles. The number of amides is 2. The summed E-state index contributed by atoms with van der Waals surface area (Å²) in [5.74, 6) is 0.818. The van der Waals surface area contributed by atoms with E-state index < -0.39 is 0 Å². The van der Waals surface area contributed by atoms with E-state index >= 15 is 0 Å². The topological polar surface area (TPSA) is 44.8 Å². The number of rotatable bonds is 3. The van der Waals surface area contributed by atoms with Gasteiger partial charge in [-0.05, 0) is 25.5 Å². The van der Waals surface area contributed by atoms with Gasteiger partial charge in [0.25, 0.3) is 0 Å².